The van der Waals surface area contributed by atoms with Gasteiger partial charge in [-0.3, -0.25) is 0 Å². The van der Waals surface area contributed by atoms with Gasteiger partial charge in [0.05, 0.1) is 0 Å². The summed E-state index contributed by atoms with van der Waals surface area (Å²) in [6, 6.07) is 0. The first kappa shape index (κ1) is 4.79. The zero-order valence-corrected chi connectivity index (χ0v) is 6.29. The summed E-state index contributed by atoms with van der Waals surface area (Å²) in [7, 11) is 0. The van der Waals surface area contributed by atoms with Crippen molar-refractivity contribution >= 4 is 0 Å². The Hall–Kier alpha value is 0. The highest BCUT2D eigenvalue weighted by Gasteiger charge is 2.64. The van der Waals surface area contributed by atoms with Gasteiger partial charge in [-0.15, -0.1) is 0 Å². The molecule has 0 heteroatoms. The molecule has 0 saturated heterocycles. The highest BCUT2D eigenvalue weighted by Crippen LogP contribution is 2.72. The molecular formula is C10H14. The van der Waals surface area contributed by atoms with E-state index in [2.05, 4.69) is 0 Å². The van der Waals surface area contributed by atoms with Crippen LogP contribution in [-0.4, -0.2) is 0 Å². The van der Waals surface area contributed by atoms with E-state index < -0.39 is 0 Å². The van der Waals surface area contributed by atoms with Crippen LogP contribution in [0.25, 0.3) is 0 Å². The van der Waals surface area contributed by atoms with Crippen molar-refractivity contribution in [3.05, 3.63) is 0 Å². The molecule has 0 aliphatic heterocycles. The van der Waals surface area contributed by atoms with E-state index in [0.717, 1.165) is 0 Å². The van der Waals surface area contributed by atoms with Crippen molar-refractivity contribution in [3.8, 4) is 0 Å². The van der Waals surface area contributed by atoms with Crippen LogP contribution in [0.1, 0.15) is 25.7 Å². The maximum absolute atomic E-state index is 1.65. The summed E-state index contributed by atoms with van der Waals surface area (Å²) >= 11 is 0. The van der Waals surface area contributed by atoms with Crippen LogP contribution in [0.3, 0.4) is 0 Å². The van der Waals surface area contributed by atoms with Gasteiger partial charge in [0, 0.05) is 0 Å². The highest BCUT2D eigenvalue weighted by molar-refractivity contribution is 5.13. The van der Waals surface area contributed by atoms with Crippen molar-refractivity contribution in [1.29, 1.82) is 0 Å². The summed E-state index contributed by atoms with van der Waals surface area (Å²) in [5, 5.41) is 0. The molecule has 6 bridgehead atoms. The van der Waals surface area contributed by atoms with Crippen molar-refractivity contribution in [2.75, 3.05) is 0 Å². The van der Waals surface area contributed by atoms with Gasteiger partial charge in [-0.1, -0.05) is 0 Å². The molecule has 0 spiro atoms. The summed E-state index contributed by atoms with van der Waals surface area (Å²) in [6.07, 6.45) is 6.60. The molecule has 5 fully saturated rings. The molecule has 5 rings (SSSR count). The van der Waals surface area contributed by atoms with Gasteiger partial charge in [0.1, 0.15) is 0 Å². The van der Waals surface area contributed by atoms with Crippen molar-refractivity contribution in [2.45, 2.75) is 25.7 Å². The molecule has 10 heavy (non-hydrogen) atoms. The first-order chi connectivity index (χ1) is 4.93. The second-order valence-electron chi connectivity index (χ2n) is 5.12. The molecule has 0 aromatic carbocycles. The first-order valence-electron chi connectivity index (χ1n) is 4.93. The summed E-state index contributed by atoms with van der Waals surface area (Å²) in [5.41, 5.74) is 0. The van der Waals surface area contributed by atoms with Crippen molar-refractivity contribution in [3.63, 3.8) is 0 Å². The Morgan fingerprint density at radius 1 is 0.500 bits per heavy atom. The summed E-state index contributed by atoms with van der Waals surface area (Å²) in [5.74, 6) is 7.40. The molecule has 0 aromatic heterocycles. The minimum atomic E-state index is 1.21. The predicted molar refractivity (Wildman–Crippen MR) is 39.4 cm³/mol. The summed E-state index contributed by atoms with van der Waals surface area (Å²) in [6.45, 7) is 0. The van der Waals surface area contributed by atoms with Crippen LogP contribution >= 0.6 is 0 Å². The van der Waals surface area contributed by atoms with E-state index in [1.165, 1.54) is 35.5 Å². The second-order valence-corrected chi connectivity index (χ2v) is 5.12. The molecule has 5 saturated carbocycles. The van der Waals surface area contributed by atoms with Crippen molar-refractivity contribution < 1.29 is 0 Å². The van der Waals surface area contributed by atoms with Gasteiger partial charge >= 0.3 is 0 Å². The van der Waals surface area contributed by atoms with Gasteiger partial charge in [-0.2, -0.15) is 0 Å². The second kappa shape index (κ2) is 1.19. The smallest absolute Gasteiger partial charge is 0.0349 e. The molecule has 0 unspecified atom stereocenters. The molecule has 0 heterocycles. The van der Waals surface area contributed by atoms with Gasteiger partial charge in [-0.25, -0.2) is 0 Å². The summed E-state index contributed by atoms with van der Waals surface area (Å²) < 4.78 is 0. The SMILES string of the molecule is C1C2CC3C1C1CC2CC31. The van der Waals surface area contributed by atoms with E-state index in [4.69, 9.17) is 0 Å². The van der Waals surface area contributed by atoms with Crippen LogP contribution in [0.15, 0.2) is 0 Å². The largest absolute Gasteiger partial charge is 0.0468 e. The van der Waals surface area contributed by atoms with E-state index >= 15 is 0 Å². The summed E-state index contributed by atoms with van der Waals surface area (Å²) in [4.78, 5) is 0. The van der Waals surface area contributed by atoms with E-state index in [1.54, 1.807) is 25.7 Å². The lowest BCUT2D eigenvalue weighted by Gasteiger charge is -2.45. The lowest BCUT2D eigenvalue weighted by atomic mass is 9.60. The topological polar surface area (TPSA) is 0 Å². The first-order valence-corrected chi connectivity index (χ1v) is 4.93. The third-order valence-electron chi connectivity index (χ3n) is 5.17. The predicted octanol–water partition coefficient (Wildman–Crippen LogP) is 2.30. The van der Waals surface area contributed by atoms with Crippen LogP contribution < -0.4 is 0 Å². The zero-order chi connectivity index (χ0) is 6.29. The van der Waals surface area contributed by atoms with E-state index in [1.807, 2.05) is 0 Å². The zero-order valence-electron chi connectivity index (χ0n) is 6.29. The van der Waals surface area contributed by atoms with Gasteiger partial charge in [-0.05, 0) is 61.2 Å². The third kappa shape index (κ3) is 0.302. The fourth-order valence-electron chi connectivity index (χ4n) is 4.88. The van der Waals surface area contributed by atoms with Crippen LogP contribution in [0, 0.1) is 35.5 Å². The Morgan fingerprint density at radius 2 is 0.800 bits per heavy atom. The molecule has 5 aliphatic rings. The van der Waals surface area contributed by atoms with Gasteiger partial charge < -0.3 is 0 Å². The van der Waals surface area contributed by atoms with Crippen LogP contribution in [-0.2, 0) is 0 Å². The Kier molecular flexibility index (Phi) is 0.570. The minimum absolute atomic E-state index is 1.21. The molecule has 0 atom stereocenters. The van der Waals surface area contributed by atoms with Crippen molar-refractivity contribution in [1.82, 2.24) is 0 Å². The molecule has 0 nitrogen and oxygen atoms in total. The van der Waals surface area contributed by atoms with Crippen LogP contribution in [0.4, 0.5) is 0 Å². The average molecular weight is 134 g/mol. The molecule has 0 amide bonds. The lowest BCUT2D eigenvalue weighted by Crippen LogP contribution is -2.39. The lowest BCUT2D eigenvalue weighted by molar-refractivity contribution is 0.0302. The van der Waals surface area contributed by atoms with Crippen molar-refractivity contribution in [2.24, 2.45) is 35.5 Å². The maximum atomic E-state index is 1.65. The van der Waals surface area contributed by atoms with E-state index in [9.17, 15) is 0 Å². The average Bonchev–Trinajstić information content (AvgIpc) is 2.28. The standard InChI is InChI=1S/C10H14/c1-5-2-8-7(1)9-3-6(5)4-10(8)9/h5-10H,1-4H2. The molecule has 5 aliphatic carbocycles. The quantitative estimate of drug-likeness (QED) is 0.477. The highest BCUT2D eigenvalue weighted by atomic mass is 14.7. The van der Waals surface area contributed by atoms with Gasteiger partial charge in [0.15, 0.2) is 0 Å². The van der Waals surface area contributed by atoms with Crippen LogP contribution in [0.5, 0.6) is 0 Å². The molecule has 0 radical (unpaired) electrons. The number of hydrogen-bond acceptors (Lipinski definition) is 0. The number of hydrogen-bond donors (Lipinski definition) is 0. The van der Waals surface area contributed by atoms with Gasteiger partial charge in [0.25, 0.3) is 0 Å². The minimum Gasteiger partial charge on any atom is -0.0468 e. The molecule has 0 aromatic rings. The van der Waals surface area contributed by atoms with E-state index in [0.29, 0.717) is 0 Å². The molecular weight excluding hydrogens is 120 g/mol. The normalized spacial score (nSPS) is 74.4. The van der Waals surface area contributed by atoms with Gasteiger partial charge in [0.2, 0.25) is 0 Å². The Labute approximate surface area is 62.0 Å². The number of rotatable bonds is 0. The van der Waals surface area contributed by atoms with Crippen LogP contribution in [0.2, 0.25) is 0 Å². The fourth-order valence-corrected chi connectivity index (χ4v) is 4.88. The molecule has 54 valence electrons. The fraction of sp³-hybridized carbons (Fsp3) is 1.00. The Balaban J connectivity index is 1.92. The maximum Gasteiger partial charge on any atom is -0.0349 e. The van der Waals surface area contributed by atoms with E-state index in [-0.39, 0.29) is 0 Å². The monoisotopic (exact) mass is 134 g/mol. The molecule has 0 N–H and O–H groups in total. The third-order valence-corrected chi connectivity index (χ3v) is 5.17. The Morgan fingerprint density at radius 3 is 1.10 bits per heavy atom. The Bertz CT molecular complexity index is 135.